The number of ether oxygens (including phenoxy) is 1. The van der Waals surface area contributed by atoms with Crippen LogP contribution in [0, 0.1) is 12.3 Å². The average Bonchev–Trinajstić information content (AvgIpc) is 2.86. The summed E-state index contributed by atoms with van der Waals surface area (Å²) in [5.74, 6) is 5.16. The molecule has 22 heavy (non-hydrogen) atoms. The first-order valence-electron chi connectivity index (χ1n) is 8.00. The quantitative estimate of drug-likeness (QED) is 0.882. The van der Waals surface area contributed by atoms with Crippen molar-refractivity contribution in [1.29, 1.82) is 0 Å². The van der Waals surface area contributed by atoms with Gasteiger partial charge in [-0.25, -0.2) is 4.98 Å². The standard InChI is InChI=1S/C18H23N3O/c1-4-10-21-17-8-7-15(22-13(2)3)11-16(17)20-18(21)14-6-5-9-19-12-14/h1,7-8,11,13-14,19H,5-6,9-10,12H2,2-3H3. The van der Waals surface area contributed by atoms with E-state index < -0.39 is 0 Å². The molecular formula is C18H23N3O. The molecule has 2 aromatic rings. The largest absolute Gasteiger partial charge is 0.491 e. The van der Waals surface area contributed by atoms with E-state index in [2.05, 4.69) is 21.9 Å². The van der Waals surface area contributed by atoms with E-state index in [-0.39, 0.29) is 6.10 Å². The number of terminal acetylenes is 1. The lowest BCUT2D eigenvalue weighted by molar-refractivity contribution is 0.242. The molecule has 1 saturated heterocycles. The second-order valence-corrected chi connectivity index (χ2v) is 6.12. The number of fused-ring (bicyclic) bond motifs is 1. The molecule has 1 unspecified atom stereocenters. The third-order valence-corrected chi connectivity index (χ3v) is 4.03. The summed E-state index contributed by atoms with van der Waals surface area (Å²) in [6.45, 7) is 6.69. The second kappa shape index (κ2) is 6.41. The fourth-order valence-corrected chi connectivity index (χ4v) is 3.12. The van der Waals surface area contributed by atoms with Crippen LogP contribution in [0.25, 0.3) is 11.0 Å². The Bertz CT molecular complexity index is 690. The van der Waals surface area contributed by atoms with Gasteiger partial charge in [-0.15, -0.1) is 6.42 Å². The Morgan fingerprint density at radius 2 is 2.36 bits per heavy atom. The summed E-state index contributed by atoms with van der Waals surface area (Å²) in [4.78, 5) is 4.87. The number of hydrogen-bond acceptors (Lipinski definition) is 3. The van der Waals surface area contributed by atoms with Crippen LogP contribution in [0.1, 0.15) is 38.4 Å². The average molecular weight is 297 g/mol. The van der Waals surface area contributed by atoms with Crippen LogP contribution in [0.15, 0.2) is 18.2 Å². The molecule has 0 radical (unpaired) electrons. The summed E-state index contributed by atoms with van der Waals surface area (Å²) in [5, 5.41) is 3.45. The minimum absolute atomic E-state index is 0.159. The van der Waals surface area contributed by atoms with E-state index in [0.717, 1.165) is 42.1 Å². The van der Waals surface area contributed by atoms with E-state index in [1.807, 2.05) is 26.0 Å². The molecule has 1 fully saturated rings. The second-order valence-electron chi connectivity index (χ2n) is 6.12. The number of aromatic nitrogens is 2. The summed E-state index contributed by atoms with van der Waals surface area (Å²) in [6.07, 6.45) is 8.07. The molecule has 4 nitrogen and oxygen atoms in total. The minimum Gasteiger partial charge on any atom is -0.491 e. The minimum atomic E-state index is 0.159. The van der Waals surface area contributed by atoms with Gasteiger partial charge in [0.25, 0.3) is 0 Å². The maximum atomic E-state index is 5.77. The van der Waals surface area contributed by atoms with Crippen molar-refractivity contribution in [3.8, 4) is 18.1 Å². The van der Waals surface area contributed by atoms with E-state index in [1.165, 1.54) is 6.42 Å². The van der Waals surface area contributed by atoms with Gasteiger partial charge in [-0.1, -0.05) is 5.92 Å². The first kappa shape index (κ1) is 14.9. The number of piperidine rings is 1. The molecule has 0 saturated carbocycles. The SMILES string of the molecule is C#CCn1c(C2CCCNC2)nc2cc(OC(C)C)ccc21. The van der Waals surface area contributed by atoms with Gasteiger partial charge >= 0.3 is 0 Å². The van der Waals surface area contributed by atoms with Crippen molar-refractivity contribution in [3.05, 3.63) is 24.0 Å². The number of imidazole rings is 1. The van der Waals surface area contributed by atoms with Gasteiger partial charge in [0, 0.05) is 18.5 Å². The van der Waals surface area contributed by atoms with E-state index in [4.69, 9.17) is 16.1 Å². The van der Waals surface area contributed by atoms with Gasteiger partial charge in [0.15, 0.2) is 0 Å². The summed E-state index contributed by atoms with van der Waals surface area (Å²) in [5.41, 5.74) is 2.06. The summed E-state index contributed by atoms with van der Waals surface area (Å²) in [7, 11) is 0. The van der Waals surface area contributed by atoms with Gasteiger partial charge in [-0.2, -0.15) is 0 Å². The number of rotatable bonds is 4. The predicted molar refractivity (Wildman–Crippen MR) is 89.2 cm³/mol. The molecule has 1 N–H and O–H groups in total. The lowest BCUT2D eigenvalue weighted by Gasteiger charge is -2.22. The fraction of sp³-hybridized carbons (Fsp3) is 0.500. The van der Waals surface area contributed by atoms with Gasteiger partial charge in [0.2, 0.25) is 0 Å². The fourth-order valence-electron chi connectivity index (χ4n) is 3.12. The highest BCUT2D eigenvalue weighted by atomic mass is 16.5. The van der Waals surface area contributed by atoms with Crippen molar-refractivity contribution in [1.82, 2.24) is 14.9 Å². The molecule has 1 atom stereocenters. The zero-order valence-corrected chi connectivity index (χ0v) is 13.3. The maximum Gasteiger partial charge on any atom is 0.121 e. The van der Waals surface area contributed by atoms with E-state index in [0.29, 0.717) is 12.5 Å². The Kier molecular flexibility index (Phi) is 4.35. The van der Waals surface area contributed by atoms with Crippen LogP contribution in [0.5, 0.6) is 5.75 Å². The van der Waals surface area contributed by atoms with Crippen molar-refractivity contribution >= 4 is 11.0 Å². The van der Waals surface area contributed by atoms with Gasteiger partial charge in [-0.05, 0) is 45.4 Å². The Hall–Kier alpha value is -1.99. The monoisotopic (exact) mass is 297 g/mol. The summed E-state index contributed by atoms with van der Waals surface area (Å²) < 4.78 is 7.95. The molecule has 1 aromatic carbocycles. The van der Waals surface area contributed by atoms with Gasteiger partial charge < -0.3 is 14.6 Å². The highest BCUT2D eigenvalue weighted by Crippen LogP contribution is 2.29. The van der Waals surface area contributed by atoms with E-state index in [9.17, 15) is 0 Å². The number of nitrogens with zero attached hydrogens (tertiary/aromatic N) is 2. The topological polar surface area (TPSA) is 39.1 Å². The molecule has 0 aliphatic carbocycles. The van der Waals surface area contributed by atoms with Crippen LogP contribution in [-0.4, -0.2) is 28.7 Å². The van der Waals surface area contributed by atoms with Crippen molar-refractivity contribution in [2.45, 2.75) is 45.3 Å². The predicted octanol–water partition coefficient (Wildman–Crippen LogP) is 2.92. The van der Waals surface area contributed by atoms with Gasteiger partial charge in [-0.3, -0.25) is 0 Å². The molecule has 3 rings (SSSR count). The van der Waals surface area contributed by atoms with Crippen molar-refractivity contribution in [2.24, 2.45) is 0 Å². The number of benzene rings is 1. The normalized spacial score (nSPS) is 18.5. The first-order valence-corrected chi connectivity index (χ1v) is 8.00. The third-order valence-electron chi connectivity index (χ3n) is 4.03. The molecule has 2 heterocycles. The zero-order valence-electron chi connectivity index (χ0n) is 13.3. The van der Waals surface area contributed by atoms with Crippen LogP contribution in [0.3, 0.4) is 0 Å². The van der Waals surface area contributed by atoms with Crippen molar-refractivity contribution in [3.63, 3.8) is 0 Å². The van der Waals surface area contributed by atoms with E-state index >= 15 is 0 Å². The van der Waals surface area contributed by atoms with Crippen LogP contribution in [0.4, 0.5) is 0 Å². The molecule has 0 amide bonds. The first-order chi connectivity index (χ1) is 10.7. The molecular weight excluding hydrogens is 274 g/mol. The smallest absolute Gasteiger partial charge is 0.121 e. The molecule has 4 heteroatoms. The van der Waals surface area contributed by atoms with E-state index in [1.54, 1.807) is 0 Å². The van der Waals surface area contributed by atoms with Crippen LogP contribution >= 0.6 is 0 Å². The summed E-state index contributed by atoms with van der Waals surface area (Å²) >= 11 is 0. The molecule has 1 aliphatic rings. The maximum absolute atomic E-state index is 5.77. The lowest BCUT2D eigenvalue weighted by Crippen LogP contribution is -2.30. The van der Waals surface area contributed by atoms with Crippen LogP contribution < -0.4 is 10.1 Å². The molecule has 1 aliphatic heterocycles. The van der Waals surface area contributed by atoms with Crippen molar-refractivity contribution in [2.75, 3.05) is 13.1 Å². The Labute approximate surface area is 131 Å². The summed E-state index contributed by atoms with van der Waals surface area (Å²) in [6, 6.07) is 6.08. The highest BCUT2D eigenvalue weighted by Gasteiger charge is 2.22. The van der Waals surface area contributed by atoms with Crippen molar-refractivity contribution < 1.29 is 4.74 Å². The Morgan fingerprint density at radius 1 is 1.50 bits per heavy atom. The molecule has 0 bridgehead atoms. The van der Waals surface area contributed by atoms with Gasteiger partial charge in [0.05, 0.1) is 23.7 Å². The van der Waals surface area contributed by atoms with Crippen LogP contribution in [-0.2, 0) is 6.54 Å². The Balaban J connectivity index is 2.02. The van der Waals surface area contributed by atoms with Crippen LogP contribution in [0.2, 0.25) is 0 Å². The Morgan fingerprint density at radius 3 is 3.05 bits per heavy atom. The highest BCUT2D eigenvalue weighted by molar-refractivity contribution is 5.78. The molecule has 116 valence electrons. The third kappa shape index (κ3) is 2.95. The van der Waals surface area contributed by atoms with Gasteiger partial charge in [0.1, 0.15) is 11.6 Å². The zero-order chi connectivity index (χ0) is 15.5. The number of hydrogen-bond donors (Lipinski definition) is 1. The molecule has 1 aromatic heterocycles. The molecule has 0 spiro atoms. The number of nitrogens with one attached hydrogen (secondary N) is 1. The lowest BCUT2D eigenvalue weighted by atomic mass is 9.99.